The molecule has 0 spiro atoms. The van der Waals surface area contributed by atoms with E-state index in [0.717, 1.165) is 24.8 Å². The fourth-order valence-electron chi connectivity index (χ4n) is 1.82. The second-order valence-corrected chi connectivity index (χ2v) is 4.87. The minimum Gasteiger partial charge on any atom is -0.348 e. The van der Waals surface area contributed by atoms with Gasteiger partial charge in [-0.05, 0) is 31.0 Å². The third kappa shape index (κ3) is 4.00. The van der Waals surface area contributed by atoms with Crippen LogP contribution in [0.1, 0.15) is 42.1 Å². The highest BCUT2D eigenvalue weighted by Gasteiger charge is 2.14. The molecule has 0 aliphatic rings. The van der Waals surface area contributed by atoms with E-state index in [0.29, 0.717) is 17.1 Å². The molecule has 0 saturated heterocycles. The summed E-state index contributed by atoms with van der Waals surface area (Å²) in [5, 5.41) is 3.57. The number of hydrogen-bond donors (Lipinski definition) is 2. The number of nitrogens with two attached hydrogens (primary N) is 1. The Morgan fingerprint density at radius 3 is 2.83 bits per heavy atom. The molecule has 0 radical (unpaired) electrons. The number of halogens is 1. The molecule has 0 aliphatic carbocycles. The monoisotopic (exact) mass is 268 g/mol. The van der Waals surface area contributed by atoms with E-state index in [9.17, 15) is 4.79 Å². The first kappa shape index (κ1) is 15.0. The average molecular weight is 269 g/mol. The summed E-state index contributed by atoms with van der Waals surface area (Å²) in [5.41, 5.74) is 7.10. The summed E-state index contributed by atoms with van der Waals surface area (Å²) in [6.45, 7) is 4.43. The Morgan fingerprint density at radius 2 is 2.22 bits per heavy atom. The van der Waals surface area contributed by atoms with Crippen LogP contribution in [0.15, 0.2) is 18.2 Å². The van der Waals surface area contributed by atoms with Gasteiger partial charge in [0.25, 0.3) is 5.91 Å². The molecule has 1 aromatic rings. The second-order valence-electron chi connectivity index (χ2n) is 4.46. The van der Waals surface area contributed by atoms with Gasteiger partial charge < -0.3 is 11.1 Å². The molecule has 0 fully saturated rings. The Bertz CT molecular complexity index is 407. The van der Waals surface area contributed by atoms with Crippen molar-refractivity contribution in [2.24, 2.45) is 5.73 Å². The molecule has 3 N–H and O–H groups in total. The number of benzene rings is 1. The van der Waals surface area contributed by atoms with Crippen molar-refractivity contribution in [1.82, 2.24) is 5.32 Å². The Hall–Kier alpha value is -1.06. The topological polar surface area (TPSA) is 55.1 Å². The highest BCUT2D eigenvalue weighted by atomic mass is 35.5. The van der Waals surface area contributed by atoms with Gasteiger partial charge in [-0.1, -0.05) is 37.4 Å². The molecule has 18 heavy (non-hydrogen) atoms. The van der Waals surface area contributed by atoms with Crippen LogP contribution in [0, 0.1) is 6.92 Å². The summed E-state index contributed by atoms with van der Waals surface area (Å²) in [4.78, 5) is 12.1. The Labute approximate surface area is 114 Å². The summed E-state index contributed by atoms with van der Waals surface area (Å²) in [5.74, 6) is -0.0958. The van der Waals surface area contributed by atoms with Crippen LogP contribution >= 0.6 is 11.6 Å². The zero-order valence-electron chi connectivity index (χ0n) is 11.0. The number of carbonyl (C=O) groups excluding carboxylic acids is 1. The number of rotatable bonds is 6. The molecule has 100 valence electrons. The highest BCUT2D eigenvalue weighted by molar-refractivity contribution is 6.31. The van der Waals surface area contributed by atoms with Crippen LogP contribution in [-0.2, 0) is 0 Å². The Kier molecular flexibility index (Phi) is 6.16. The second kappa shape index (κ2) is 7.39. The van der Waals surface area contributed by atoms with E-state index < -0.39 is 0 Å². The van der Waals surface area contributed by atoms with E-state index in [-0.39, 0.29) is 11.9 Å². The number of unbranched alkanes of at least 4 members (excludes halogenated alkanes) is 1. The van der Waals surface area contributed by atoms with Crippen molar-refractivity contribution >= 4 is 17.5 Å². The molecule has 1 rings (SSSR count). The molecular formula is C14H21ClN2O. The number of nitrogens with one attached hydrogen (secondary N) is 1. The van der Waals surface area contributed by atoms with Crippen LogP contribution in [0.3, 0.4) is 0 Å². The summed E-state index contributed by atoms with van der Waals surface area (Å²) in [6, 6.07) is 5.39. The smallest absolute Gasteiger partial charge is 0.251 e. The number of hydrogen-bond acceptors (Lipinski definition) is 2. The van der Waals surface area contributed by atoms with Gasteiger partial charge in [-0.2, -0.15) is 0 Å². The minimum atomic E-state index is -0.0958. The number of carbonyl (C=O) groups is 1. The lowest BCUT2D eigenvalue weighted by Gasteiger charge is -2.17. The fourth-order valence-corrected chi connectivity index (χ4v) is 1.99. The van der Waals surface area contributed by atoms with Gasteiger partial charge in [0, 0.05) is 23.2 Å². The lowest BCUT2D eigenvalue weighted by atomic mass is 10.1. The average Bonchev–Trinajstić information content (AvgIpc) is 2.37. The zero-order valence-corrected chi connectivity index (χ0v) is 11.8. The van der Waals surface area contributed by atoms with E-state index in [2.05, 4.69) is 12.2 Å². The maximum absolute atomic E-state index is 12.1. The molecule has 0 aromatic heterocycles. The van der Waals surface area contributed by atoms with Gasteiger partial charge in [0.05, 0.1) is 0 Å². The quantitative estimate of drug-likeness (QED) is 0.834. The van der Waals surface area contributed by atoms with Crippen molar-refractivity contribution in [2.75, 3.05) is 6.54 Å². The standard InChI is InChI=1S/C14H21ClN2O/c1-3-4-6-11(9-16)17-14(18)12-7-5-8-13(15)10(12)2/h5,7-8,11H,3-4,6,9,16H2,1-2H3,(H,17,18). The molecule has 1 atom stereocenters. The van der Waals surface area contributed by atoms with Crippen molar-refractivity contribution in [3.05, 3.63) is 34.3 Å². The van der Waals surface area contributed by atoms with Crippen LogP contribution in [0.5, 0.6) is 0 Å². The summed E-state index contributed by atoms with van der Waals surface area (Å²) in [6.07, 6.45) is 3.08. The SMILES string of the molecule is CCCCC(CN)NC(=O)c1cccc(Cl)c1C. The predicted octanol–water partition coefficient (Wildman–Crippen LogP) is 2.90. The van der Waals surface area contributed by atoms with Gasteiger partial charge >= 0.3 is 0 Å². The van der Waals surface area contributed by atoms with Crippen LogP contribution in [0.4, 0.5) is 0 Å². The normalized spacial score (nSPS) is 12.2. The maximum Gasteiger partial charge on any atom is 0.251 e. The molecule has 1 aromatic carbocycles. The molecule has 0 bridgehead atoms. The van der Waals surface area contributed by atoms with Crippen molar-refractivity contribution in [3.63, 3.8) is 0 Å². The minimum absolute atomic E-state index is 0.0378. The van der Waals surface area contributed by atoms with Crippen molar-refractivity contribution < 1.29 is 4.79 Å². The summed E-state index contributed by atoms with van der Waals surface area (Å²) >= 11 is 6.01. The van der Waals surface area contributed by atoms with Crippen molar-refractivity contribution in [2.45, 2.75) is 39.2 Å². The molecule has 1 amide bonds. The van der Waals surface area contributed by atoms with E-state index in [1.165, 1.54) is 0 Å². The zero-order chi connectivity index (χ0) is 13.5. The lowest BCUT2D eigenvalue weighted by Crippen LogP contribution is -2.40. The molecule has 0 saturated carbocycles. The van der Waals surface area contributed by atoms with Crippen LogP contribution in [0.2, 0.25) is 5.02 Å². The largest absolute Gasteiger partial charge is 0.348 e. The van der Waals surface area contributed by atoms with Gasteiger partial charge in [0.2, 0.25) is 0 Å². The van der Waals surface area contributed by atoms with Crippen LogP contribution in [0.25, 0.3) is 0 Å². The van der Waals surface area contributed by atoms with E-state index in [1.807, 2.05) is 6.92 Å². The molecule has 3 nitrogen and oxygen atoms in total. The van der Waals surface area contributed by atoms with Gasteiger partial charge in [-0.3, -0.25) is 4.79 Å². The molecule has 0 aliphatic heterocycles. The fraction of sp³-hybridized carbons (Fsp3) is 0.500. The highest BCUT2D eigenvalue weighted by Crippen LogP contribution is 2.18. The third-order valence-electron chi connectivity index (χ3n) is 3.04. The molecule has 4 heteroatoms. The van der Waals surface area contributed by atoms with Gasteiger partial charge in [-0.15, -0.1) is 0 Å². The number of amides is 1. The molecular weight excluding hydrogens is 248 g/mol. The Morgan fingerprint density at radius 1 is 1.50 bits per heavy atom. The first-order chi connectivity index (χ1) is 8.60. The van der Waals surface area contributed by atoms with E-state index in [1.54, 1.807) is 18.2 Å². The lowest BCUT2D eigenvalue weighted by molar-refractivity contribution is 0.0935. The van der Waals surface area contributed by atoms with Gasteiger partial charge in [0.1, 0.15) is 0 Å². The molecule has 1 unspecified atom stereocenters. The van der Waals surface area contributed by atoms with E-state index in [4.69, 9.17) is 17.3 Å². The van der Waals surface area contributed by atoms with Crippen LogP contribution < -0.4 is 11.1 Å². The summed E-state index contributed by atoms with van der Waals surface area (Å²) < 4.78 is 0. The van der Waals surface area contributed by atoms with Gasteiger partial charge in [0.15, 0.2) is 0 Å². The van der Waals surface area contributed by atoms with Crippen molar-refractivity contribution in [1.29, 1.82) is 0 Å². The van der Waals surface area contributed by atoms with Crippen molar-refractivity contribution in [3.8, 4) is 0 Å². The molecule has 0 heterocycles. The first-order valence-electron chi connectivity index (χ1n) is 6.36. The van der Waals surface area contributed by atoms with E-state index >= 15 is 0 Å². The third-order valence-corrected chi connectivity index (χ3v) is 3.45. The van der Waals surface area contributed by atoms with Crippen LogP contribution in [-0.4, -0.2) is 18.5 Å². The Balaban J connectivity index is 2.72. The maximum atomic E-state index is 12.1. The summed E-state index contributed by atoms with van der Waals surface area (Å²) in [7, 11) is 0. The first-order valence-corrected chi connectivity index (χ1v) is 6.74. The van der Waals surface area contributed by atoms with Gasteiger partial charge in [-0.25, -0.2) is 0 Å². The predicted molar refractivity (Wildman–Crippen MR) is 76.0 cm³/mol.